The van der Waals surface area contributed by atoms with E-state index in [4.69, 9.17) is 19.2 Å². The van der Waals surface area contributed by atoms with Gasteiger partial charge in [0.25, 0.3) is 0 Å². The number of aliphatic hydroxyl groups excluding tert-OH is 1. The number of anilines is 1. The lowest BCUT2D eigenvalue weighted by atomic mass is 9.78. The average molecular weight is 562 g/mol. The summed E-state index contributed by atoms with van der Waals surface area (Å²) in [6.45, 7) is 6.99. The second kappa shape index (κ2) is 14.6. The molecule has 7 nitrogen and oxygen atoms in total. The summed E-state index contributed by atoms with van der Waals surface area (Å²) in [4.78, 5) is 25.3. The average Bonchev–Trinajstić information content (AvgIpc) is 3.53. The molecule has 2 heterocycles. The normalized spacial score (nSPS) is 19.4. The summed E-state index contributed by atoms with van der Waals surface area (Å²) >= 11 is 0. The number of hydrogen-bond donors (Lipinski definition) is 1. The SMILES string of the molecule is CO.COc1ccc(C2CCC(CN(C(=O)C3CCCCC3)c3cc(-c4coc(C(C)C)n4)ccn3)CC2)cc1C. The number of methoxy groups -OCH3 is 1. The van der Waals surface area contributed by atoms with Crippen LogP contribution in [0.3, 0.4) is 0 Å². The van der Waals surface area contributed by atoms with Crippen molar-refractivity contribution in [2.24, 2.45) is 11.8 Å². The van der Waals surface area contributed by atoms with Crippen molar-refractivity contribution in [1.29, 1.82) is 0 Å². The predicted octanol–water partition coefficient (Wildman–Crippen LogP) is 7.67. The van der Waals surface area contributed by atoms with Crippen LogP contribution in [0.25, 0.3) is 11.3 Å². The van der Waals surface area contributed by atoms with E-state index < -0.39 is 0 Å². The molecule has 1 amide bonds. The maximum Gasteiger partial charge on any atom is 0.231 e. The van der Waals surface area contributed by atoms with Crippen molar-refractivity contribution in [3.63, 3.8) is 0 Å². The van der Waals surface area contributed by atoms with Crippen LogP contribution in [-0.2, 0) is 4.79 Å². The van der Waals surface area contributed by atoms with Crippen molar-refractivity contribution in [2.45, 2.75) is 90.4 Å². The lowest BCUT2D eigenvalue weighted by Crippen LogP contribution is -2.41. The van der Waals surface area contributed by atoms with E-state index in [-0.39, 0.29) is 17.7 Å². The predicted molar refractivity (Wildman–Crippen MR) is 163 cm³/mol. The zero-order valence-corrected chi connectivity index (χ0v) is 25.4. The van der Waals surface area contributed by atoms with Crippen molar-refractivity contribution >= 4 is 11.7 Å². The number of oxazole rings is 1. The van der Waals surface area contributed by atoms with Crippen LogP contribution >= 0.6 is 0 Å². The van der Waals surface area contributed by atoms with Gasteiger partial charge in [-0.2, -0.15) is 0 Å². The molecule has 1 aromatic carbocycles. The highest BCUT2D eigenvalue weighted by Crippen LogP contribution is 2.38. The summed E-state index contributed by atoms with van der Waals surface area (Å²) in [7, 11) is 2.73. The number of aliphatic hydroxyl groups is 1. The van der Waals surface area contributed by atoms with Crippen molar-refractivity contribution in [2.75, 3.05) is 25.7 Å². The van der Waals surface area contributed by atoms with E-state index in [2.05, 4.69) is 44.0 Å². The van der Waals surface area contributed by atoms with Crippen LogP contribution in [0, 0.1) is 18.8 Å². The second-order valence-electron chi connectivity index (χ2n) is 11.9. The minimum atomic E-state index is 0.0995. The first-order valence-corrected chi connectivity index (χ1v) is 15.3. The molecule has 0 bridgehead atoms. The van der Waals surface area contributed by atoms with Gasteiger partial charge in [0.2, 0.25) is 5.91 Å². The highest BCUT2D eigenvalue weighted by molar-refractivity contribution is 5.94. The van der Waals surface area contributed by atoms with Crippen LogP contribution in [0.15, 0.2) is 47.2 Å². The Labute approximate surface area is 245 Å². The van der Waals surface area contributed by atoms with Crippen LogP contribution in [0.5, 0.6) is 5.75 Å². The summed E-state index contributed by atoms with van der Waals surface area (Å²) < 4.78 is 11.2. The van der Waals surface area contributed by atoms with E-state index in [0.717, 1.165) is 93.7 Å². The number of carbonyl (C=O) groups excluding carboxylic acids is 1. The fraction of sp³-hybridized carbons (Fsp3) is 0.559. The first-order chi connectivity index (χ1) is 19.9. The minimum absolute atomic E-state index is 0.0995. The molecule has 0 radical (unpaired) electrons. The highest BCUT2D eigenvalue weighted by atomic mass is 16.5. The molecule has 2 aliphatic carbocycles. The number of amides is 1. The van der Waals surface area contributed by atoms with E-state index >= 15 is 0 Å². The van der Waals surface area contributed by atoms with Gasteiger partial charge in [-0.1, -0.05) is 45.2 Å². The standard InChI is InChI=1S/C33H43N3O3.CH4O/c1-22(2)32-35-29(21-39-32)28-16-17-34-31(19-28)36(33(37)26-8-6-5-7-9-26)20-24-10-12-25(13-11-24)27-14-15-30(38-4)23(3)18-27;1-2/h14-19,21-22,24-26H,5-13,20H2,1-4H3;2H,1H3. The first kappa shape index (κ1) is 30.8. The van der Waals surface area contributed by atoms with Crippen molar-refractivity contribution in [3.8, 4) is 17.0 Å². The van der Waals surface area contributed by atoms with Gasteiger partial charge in [0.05, 0.1) is 7.11 Å². The first-order valence-electron chi connectivity index (χ1n) is 15.3. The van der Waals surface area contributed by atoms with E-state index in [9.17, 15) is 4.79 Å². The lowest BCUT2D eigenvalue weighted by molar-refractivity contribution is -0.123. The molecule has 5 rings (SSSR count). The Balaban J connectivity index is 0.00000189. The van der Waals surface area contributed by atoms with Gasteiger partial charge in [0.1, 0.15) is 23.5 Å². The summed E-state index contributed by atoms with van der Waals surface area (Å²) in [5.74, 6) is 4.02. The number of hydrogen-bond acceptors (Lipinski definition) is 6. The minimum Gasteiger partial charge on any atom is -0.496 e. The molecule has 222 valence electrons. The van der Waals surface area contributed by atoms with Gasteiger partial charge in [-0.25, -0.2) is 9.97 Å². The Bertz CT molecular complexity index is 1260. The molecule has 0 aliphatic heterocycles. The molecule has 0 saturated heterocycles. The number of pyridine rings is 1. The fourth-order valence-corrected chi connectivity index (χ4v) is 6.37. The van der Waals surface area contributed by atoms with Crippen molar-refractivity contribution in [3.05, 3.63) is 59.8 Å². The highest BCUT2D eigenvalue weighted by Gasteiger charge is 2.31. The Morgan fingerprint density at radius 3 is 2.41 bits per heavy atom. The number of nitrogens with zero attached hydrogens (tertiary/aromatic N) is 3. The van der Waals surface area contributed by atoms with Crippen LogP contribution in [0.2, 0.25) is 0 Å². The molecule has 2 fully saturated rings. The Morgan fingerprint density at radius 1 is 1.05 bits per heavy atom. The van der Waals surface area contributed by atoms with E-state index in [1.54, 1.807) is 19.6 Å². The van der Waals surface area contributed by atoms with E-state index in [1.165, 1.54) is 17.5 Å². The molecular formula is C34H47N3O4. The molecule has 2 aliphatic rings. The van der Waals surface area contributed by atoms with Gasteiger partial charge in [-0.15, -0.1) is 0 Å². The largest absolute Gasteiger partial charge is 0.496 e. The Morgan fingerprint density at radius 2 is 1.78 bits per heavy atom. The molecule has 2 aromatic heterocycles. The molecule has 1 N–H and O–H groups in total. The molecule has 0 atom stereocenters. The van der Waals surface area contributed by atoms with Crippen molar-refractivity contribution < 1.29 is 19.1 Å². The number of aryl methyl sites for hydroxylation is 1. The van der Waals surface area contributed by atoms with Gasteiger partial charge in [-0.3, -0.25) is 9.69 Å². The summed E-state index contributed by atoms with van der Waals surface area (Å²) in [6, 6.07) is 10.6. The van der Waals surface area contributed by atoms with E-state index in [1.807, 2.05) is 17.0 Å². The zero-order chi connectivity index (χ0) is 29.4. The monoisotopic (exact) mass is 561 g/mol. The van der Waals surface area contributed by atoms with Gasteiger partial charge in [0, 0.05) is 37.3 Å². The van der Waals surface area contributed by atoms with Gasteiger partial charge < -0.3 is 14.3 Å². The maximum atomic E-state index is 13.9. The van der Waals surface area contributed by atoms with Gasteiger partial charge in [0.15, 0.2) is 5.89 Å². The third kappa shape index (κ3) is 7.56. The number of aromatic nitrogens is 2. The molecule has 3 aromatic rings. The Hall–Kier alpha value is -3.19. The third-order valence-corrected chi connectivity index (χ3v) is 8.73. The third-order valence-electron chi connectivity index (χ3n) is 8.73. The molecule has 7 heteroatoms. The zero-order valence-electron chi connectivity index (χ0n) is 25.4. The quantitative estimate of drug-likeness (QED) is 0.304. The smallest absolute Gasteiger partial charge is 0.231 e. The maximum absolute atomic E-state index is 13.9. The van der Waals surface area contributed by atoms with E-state index in [0.29, 0.717) is 11.8 Å². The molecule has 2 saturated carbocycles. The number of rotatable bonds is 8. The topological polar surface area (TPSA) is 88.7 Å². The van der Waals surface area contributed by atoms with Crippen LogP contribution < -0.4 is 9.64 Å². The van der Waals surface area contributed by atoms with Gasteiger partial charge >= 0.3 is 0 Å². The second-order valence-corrected chi connectivity index (χ2v) is 11.9. The summed E-state index contributed by atoms with van der Waals surface area (Å²) in [6.07, 6.45) is 13.5. The lowest BCUT2D eigenvalue weighted by Gasteiger charge is -2.35. The molecule has 0 unspecified atom stereocenters. The molecular weight excluding hydrogens is 514 g/mol. The van der Waals surface area contributed by atoms with Crippen LogP contribution in [0.1, 0.15) is 100 Å². The fourth-order valence-electron chi connectivity index (χ4n) is 6.37. The number of carbonyl (C=O) groups is 1. The number of benzene rings is 1. The Kier molecular flexibility index (Phi) is 11.0. The van der Waals surface area contributed by atoms with Gasteiger partial charge in [-0.05, 0) is 86.6 Å². The molecule has 41 heavy (non-hydrogen) atoms. The van der Waals surface area contributed by atoms with Crippen LogP contribution in [-0.4, -0.2) is 41.7 Å². The summed E-state index contributed by atoms with van der Waals surface area (Å²) in [5, 5.41) is 7.00. The number of ether oxygens (including phenoxy) is 1. The van der Waals surface area contributed by atoms with Crippen molar-refractivity contribution in [1.82, 2.24) is 9.97 Å². The molecule has 0 spiro atoms. The van der Waals surface area contributed by atoms with Crippen LogP contribution in [0.4, 0.5) is 5.82 Å². The summed E-state index contributed by atoms with van der Waals surface area (Å²) in [5.41, 5.74) is 4.34.